The quantitative estimate of drug-likeness (QED) is 0.913. The van der Waals surface area contributed by atoms with Crippen molar-refractivity contribution < 1.29 is 14.3 Å². The lowest BCUT2D eigenvalue weighted by molar-refractivity contribution is 0.0947. The van der Waals surface area contributed by atoms with E-state index in [4.69, 9.17) is 9.47 Å². The van der Waals surface area contributed by atoms with Gasteiger partial charge in [0.05, 0.1) is 13.2 Å². The predicted molar refractivity (Wildman–Crippen MR) is 97.7 cm³/mol. The Morgan fingerprint density at radius 3 is 3.00 bits per heavy atom. The normalized spacial score (nSPS) is 16.8. The van der Waals surface area contributed by atoms with E-state index in [1.165, 1.54) is 10.4 Å². The fraction of sp³-hybridized carbons (Fsp3) is 0.421. The van der Waals surface area contributed by atoms with Gasteiger partial charge < -0.3 is 14.8 Å². The Balaban J connectivity index is 1.30. The predicted octanol–water partition coefficient (Wildman–Crippen LogP) is 2.70. The third-order valence-corrected chi connectivity index (χ3v) is 5.63. The highest BCUT2D eigenvalue weighted by atomic mass is 32.1. The summed E-state index contributed by atoms with van der Waals surface area (Å²) in [5.41, 5.74) is 2.05. The summed E-state index contributed by atoms with van der Waals surface area (Å²) in [6.45, 7) is 4.84. The van der Waals surface area contributed by atoms with Gasteiger partial charge in [-0.25, -0.2) is 0 Å². The van der Waals surface area contributed by atoms with E-state index in [0.29, 0.717) is 36.8 Å². The molecule has 1 aromatic heterocycles. The van der Waals surface area contributed by atoms with Crippen molar-refractivity contribution in [3.63, 3.8) is 0 Å². The van der Waals surface area contributed by atoms with E-state index in [-0.39, 0.29) is 5.91 Å². The van der Waals surface area contributed by atoms with Crippen LogP contribution in [-0.4, -0.2) is 43.7 Å². The van der Waals surface area contributed by atoms with Gasteiger partial charge in [0, 0.05) is 43.0 Å². The number of amides is 1. The second-order valence-electron chi connectivity index (χ2n) is 6.36. The highest BCUT2D eigenvalue weighted by Gasteiger charge is 2.17. The second kappa shape index (κ2) is 7.45. The highest BCUT2D eigenvalue weighted by molar-refractivity contribution is 7.10. The first kappa shape index (κ1) is 16.4. The fourth-order valence-corrected chi connectivity index (χ4v) is 4.12. The molecule has 0 saturated heterocycles. The third kappa shape index (κ3) is 3.80. The zero-order valence-corrected chi connectivity index (χ0v) is 14.9. The Morgan fingerprint density at radius 1 is 1.20 bits per heavy atom. The van der Waals surface area contributed by atoms with E-state index in [2.05, 4.69) is 21.7 Å². The van der Waals surface area contributed by atoms with Gasteiger partial charge >= 0.3 is 0 Å². The Morgan fingerprint density at radius 2 is 2.08 bits per heavy atom. The molecule has 0 aliphatic carbocycles. The summed E-state index contributed by atoms with van der Waals surface area (Å²) < 4.78 is 11.3. The molecule has 1 aromatic carbocycles. The summed E-state index contributed by atoms with van der Waals surface area (Å²) in [7, 11) is 0. The summed E-state index contributed by atoms with van der Waals surface area (Å²) >= 11 is 1.85. The van der Waals surface area contributed by atoms with Gasteiger partial charge in [0.1, 0.15) is 0 Å². The summed E-state index contributed by atoms with van der Waals surface area (Å²) in [6, 6.07) is 7.59. The molecule has 2 aromatic rings. The van der Waals surface area contributed by atoms with Gasteiger partial charge in [-0.1, -0.05) is 0 Å². The van der Waals surface area contributed by atoms with Gasteiger partial charge in [0.25, 0.3) is 5.91 Å². The van der Waals surface area contributed by atoms with Crippen molar-refractivity contribution in [1.82, 2.24) is 10.2 Å². The molecule has 5 nitrogen and oxygen atoms in total. The fourth-order valence-electron chi connectivity index (χ4n) is 3.23. The van der Waals surface area contributed by atoms with Gasteiger partial charge in [-0.15, -0.1) is 11.3 Å². The van der Waals surface area contributed by atoms with Crippen molar-refractivity contribution in [2.75, 3.05) is 32.8 Å². The maximum Gasteiger partial charge on any atom is 0.251 e. The number of nitrogens with one attached hydrogen (secondary N) is 1. The van der Waals surface area contributed by atoms with E-state index in [9.17, 15) is 4.79 Å². The standard InChI is InChI=1S/C19H22N2O3S/c22-19(14-2-3-16-17(12-14)24-10-1-9-23-16)20-6-8-21-7-4-18-15(13-21)5-11-25-18/h2-3,5,11-12H,1,4,6-10,13H2,(H,20,22). The van der Waals surface area contributed by atoms with Gasteiger partial charge in [-0.2, -0.15) is 0 Å². The Kier molecular flexibility index (Phi) is 4.90. The number of rotatable bonds is 4. The monoisotopic (exact) mass is 358 g/mol. The smallest absolute Gasteiger partial charge is 0.251 e. The first-order valence-corrected chi connectivity index (χ1v) is 9.63. The van der Waals surface area contributed by atoms with Crippen molar-refractivity contribution in [3.8, 4) is 11.5 Å². The summed E-state index contributed by atoms with van der Waals surface area (Å²) in [4.78, 5) is 16.3. The number of carbonyl (C=O) groups excluding carboxylic acids is 1. The average molecular weight is 358 g/mol. The lowest BCUT2D eigenvalue weighted by Crippen LogP contribution is -2.37. The zero-order chi connectivity index (χ0) is 17.1. The van der Waals surface area contributed by atoms with Crippen molar-refractivity contribution in [2.45, 2.75) is 19.4 Å². The number of ether oxygens (including phenoxy) is 2. The molecule has 0 radical (unpaired) electrons. The average Bonchev–Trinajstić information content (AvgIpc) is 2.97. The van der Waals surface area contributed by atoms with Gasteiger partial charge in [-0.05, 0) is 41.6 Å². The van der Waals surface area contributed by atoms with Crippen LogP contribution in [0.1, 0.15) is 27.2 Å². The molecule has 3 heterocycles. The molecule has 0 bridgehead atoms. The number of carbonyl (C=O) groups is 1. The first-order chi connectivity index (χ1) is 12.3. The Hall–Kier alpha value is -2.05. The maximum absolute atomic E-state index is 12.4. The molecule has 0 saturated carbocycles. The molecule has 1 N–H and O–H groups in total. The first-order valence-electron chi connectivity index (χ1n) is 8.75. The van der Waals surface area contributed by atoms with Gasteiger partial charge in [0.15, 0.2) is 11.5 Å². The number of thiophene rings is 1. The minimum Gasteiger partial charge on any atom is -0.490 e. The highest BCUT2D eigenvalue weighted by Crippen LogP contribution is 2.30. The van der Waals surface area contributed by atoms with E-state index in [1.54, 1.807) is 12.1 Å². The number of nitrogens with zero attached hydrogens (tertiary/aromatic N) is 1. The molecule has 0 atom stereocenters. The number of hydrogen-bond acceptors (Lipinski definition) is 5. The number of hydrogen-bond donors (Lipinski definition) is 1. The minimum atomic E-state index is -0.0659. The van der Waals surface area contributed by atoms with Crippen LogP contribution in [0.15, 0.2) is 29.6 Å². The van der Waals surface area contributed by atoms with E-state index < -0.39 is 0 Å². The van der Waals surface area contributed by atoms with Crippen LogP contribution >= 0.6 is 11.3 Å². The van der Waals surface area contributed by atoms with Crippen LogP contribution in [-0.2, 0) is 13.0 Å². The minimum absolute atomic E-state index is 0.0659. The van der Waals surface area contributed by atoms with E-state index in [0.717, 1.165) is 32.5 Å². The van der Waals surface area contributed by atoms with Crippen LogP contribution in [0.25, 0.3) is 0 Å². The zero-order valence-electron chi connectivity index (χ0n) is 14.1. The maximum atomic E-state index is 12.4. The van der Waals surface area contributed by atoms with Crippen molar-refractivity contribution >= 4 is 17.2 Å². The van der Waals surface area contributed by atoms with Crippen LogP contribution in [0, 0.1) is 0 Å². The van der Waals surface area contributed by atoms with Gasteiger partial charge in [-0.3, -0.25) is 9.69 Å². The molecule has 0 fully saturated rings. The third-order valence-electron chi connectivity index (χ3n) is 4.61. The topological polar surface area (TPSA) is 50.8 Å². The summed E-state index contributed by atoms with van der Waals surface area (Å²) in [6.07, 6.45) is 1.97. The lowest BCUT2D eigenvalue weighted by Gasteiger charge is -2.26. The molecule has 1 amide bonds. The van der Waals surface area contributed by atoms with E-state index in [1.807, 2.05) is 17.4 Å². The van der Waals surface area contributed by atoms with Crippen LogP contribution in [0.2, 0.25) is 0 Å². The van der Waals surface area contributed by atoms with Crippen molar-refractivity contribution in [1.29, 1.82) is 0 Å². The molecular formula is C19H22N2O3S. The molecule has 0 spiro atoms. The number of benzene rings is 1. The molecule has 2 aliphatic heterocycles. The molecular weight excluding hydrogens is 336 g/mol. The Bertz CT molecular complexity index is 759. The largest absolute Gasteiger partial charge is 0.490 e. The summed E-state index contributed by atoms with van der Waals surface area (Å²) in [5.74, 6) is 1.31. The molecule has 2 aliphatic rings. The van der Waals surface area contributed by atoms with Crippen molar-refractivity contribution in [2.24, 2.45) is 0 Å². The van der Waals surface area contributed by atoms with Crippen molar-refractivity contribution in [3.05, 3.63) is 45.6 Å². The molecule has 0 unspecified atom stereocenters. The second-order valence-corrected chi connectivity index (χ2v) is 7.36. The molecule has 4 rings (SSSR count). The van der Waals surface area contributed by atoms with Crippen LogP contribution < -0.4 is 14.8 Å². The summed E-state index contributed by atoms with van der Waals surface area (Å²) in [5, 5.41) is 5.18. The Labute approximate surface area is 151 Å². The number of fused-ring (bicyclic) bond motifs is 2. The SMILES string of the molecule is O=C(NCCN1CCc2sccc2C1)c1ccc2c(c1)OCCCO2. The van der Waals surface area contributed by atoms with Crippen LogP contribution in [0.5, 0.6) is 11.5 Å². The molecule has 25 heavy (non-hydrogen) atoms. The van der Waals surface area contributed by atoms with E-state index >= 15 is 0 Å². The lowest BCUT2D eigenvalue weighted by atomic mass is 10.1. The van der Waals surface area contributed by atoms with Gasteiger partial charge in [0.2, 0.25) is 0 Å². The molecule has 6 heteroatoms. The van der Waals surface area contributed by atoms with Crippen LogP contribution in [0.3, 0.4) is 0 Å². The van der Waals surface area contributed by atoms with Crippen LogP contribution in [0.4, 0.5) is 0 Å². The molecule has 132 valence electrons.